The van der Waals surface area contributed by atoms with E-state index in [-0.39, 0.29) is 11.8 Å². The third kappa shape index (κ3) is 4.96. The summed E-state index contributed by atoms with van der Waals surface area (Å²) in [5.41, 5.74) is 4.87. The van der Waals surface area contributed by atoms with E-state index in [1.54, 1.807) is 7.11 Å². The van der Waals surface area contributed by atoms with Gasteiger partial charge in [0.15, 0.2) is 0 Å². The molecule has 5 nitrogen and oxygen atoms in total. The summed E-state index contributed by atoms with van der Waals surface area (Å²) < 4.78 is 13.5. The van der Waals surface area contributed by atoms with Gasteiger partial charge in [-0.2, -0.15) is 0 Å². The third-order valence-corrected chi connectivity index (χ3v) is 6.76. The van der Waals surface area contributed by atoms with Gasteiger partial charge in [0, 0.05) is 30.1 Å². The molecule has 2 aromatic carbocycles. The Balaban J connectivity index is 1.66. The number of rotatable bonds is 10. The largest absolute Gasteiger partial charge is 0.493 e. The smallest absolute Gasteiger partial charge is 0.353 e. The van der Waals surface area contributed by atoms with Gasteiger partial charge in [0.1, 0.15) is 11.4 Å². The van der Waals surface area contributed by atoms with Crippen molar-refractivity contribution in [3.63, 3.8) is 0 Å². The van der Waals surface area contributed by atoms with Gasteiger partial charge in [-0.05, 0) is 72.6 Å². The van der Waals surface area contributed by atoms with Crippen LogP contribution in [0.25, 0.3) is 22.0 Å². The minimum absolute atomic E-state index is 0.00377. The van der Waals surface area contributed by atoms with Crippen LogP contribution in [0.3, 0.4) is 0 Å². The summed E-state index contributed by atoms with van der Waals surface area (Å²) in [4.78, 5) is 12.7. The Labute approximate surface area is 206 Å². The first-order valence-corrected chi connectivity index (χ1v) is 12.2. The second-order valence-electron chi connectivity index (χ2n) is 9.40. The molecule has 0 amide bonds. The molecule has 5 rings (SSSR count). The van der Waals surface area contributed by atoms with E-state index in [2.05, 4.69) is 30.9 Å². The molecule has 3 aromatic rings. The molecule has 0 radical (unpaired) electrons. The normalized spacial score (nSPS) is 17.4. The second kappa shape index (κ2) is 9.96. The van der Waals surface area contributed by atoms with Crippen molar-refractivity contribution in [1.82, 2.24) is 4.57 Å². The SMILES string of the molecule is C=CCc1ccc2c(c1)c(-c1cccc(OCC3CC3)c1)c(C(=O)O)n2CC1=CC(OC)CC=C1. The van der Waals surface area contributed by atoms with Gasteiger partial charge in [0.25, 0.3) is 0 Å². The number of hydrogen-bond donors (Lipinski definition) is 1. The number of ether oxygens (including phenoxy) is 2. The molecule has 35 heavy (non-hydrogen) atoms. The topological polar surface area (TPSA) is 60.7 Å². The molecule has 2 aliphatic carbocycles. The Kier molecular flexibility index (Phi) is 6.60. The highest BCUT2D eigenvalue weighted by Crippen LogP contribution is 2.38. The molecule has 1 atom stereocenters. The summed E-state index contributed by atoms with van der Waals surface area (Å²) in [6.07, 6.45) is 12.1. The van der Waals surface area contributed by atoms with E-state index in [1.165, 1.54) is 12.8 Å². The molecule has 5 heteroatoms. The van der Waals surface area contributed by atoms with Gasteiger partial charge in [-0.25, -0.2) is 4.79 Å². The van der Waals surface area contributed by atoms with Crippen molar-refractivity contribution in [1.29, 1.82) is 0 Å². The predicted molar refractivity (Wildman–Crippen MR) is 139 cm³/mol. The number of carboxylic acid groups (broad SMARTS) is 1. The van der Waals surface area contributed by atoms with Crippen molar-refractivity contribution in [3.8, 4) is 16.9 Å². The summed E-state index contributed by atoms with van der Waals surface area (Å²) >= 11 is 0. The monoisotopic (exact) mass is 469 g/mol. The third-order valence-electron chi connectivity index (χ3n) is 6.76. The number of carboxylic acids is 1. The molecule has 1 heterocycles. The average Bonchev–Trinajstić information content (AvgIpc) is 3.65. The molecule has 2 aliphatic rings. The minimum atomic E-state index is -0.950. The van der Waals surface area contributed by atoms with Crippen LogP contribution in [0.1, 0.15) is 35.3 Å². The number of benzene rings is 2. The van der Waals surface area contributed by atoms with Crippen LogP contribution in [0.4, 0.5) is 0 Å². The average molecular weight is 470 g/mol. The number of allylic oxidation sites excluding steroid dienone is 3. The highest BCUT2D eigenvalue weighted by Gasteiger charge is 2.26. The van der Waals surface area contributed by atoms with Crippen LogP contribution >= 0.6 is 0 Å². The highest BCUT2D eigenvalue weighted by molar-refractivity contribution is 6.08. The van der Waals surface area contributed by atoms with Gasteiger partial charge < -0.3 is 19.1 Å². The lowest BCUT2D eigenvalue weighted by atomic mass is 9.99. The predicted octanol–water partition coefficient (Wildman–Crippen LogP) is 6.43. The maximum absolute atomic E-state index is 12.7. The van der Waals surface area contributed by atoms with Gasteiger partial charge in [-0.3, -0.25) is 0 Å². The molecule has 1 aromatic heterocycles. The number of methoxy groups -OCH3 is 1. The van der Waals surface area contributed by atoms with Crippen LogP contribution in [0.5, 0.6) is 5.75 Å². The first kappa shape index (κ1) is 23.2. The Hall–Kier alpha value is -3.57. The van der Waals surface area contributed by atoms with Crippen LogP contribution in [-0.2, 0) is 17.7 Å². The molecule has 0 saturated heterocycles. The molecule has 1 unspecified atom stereocenters. The first-order valence-electron chi connectivity index (χ1n) is 12.2. The van der Waals surface area contributed by atoms with Crippen LogP contribution in [0.15, 0.2) is 78.9 Å². The number of hydrogen-bond acceptors (Lipinski definition) is 3. The molecule has 0 spiro atoms. The fourth-order valence-electron chi connectivity index (χ4n) is 4.78. The number of aromatic nitrogens is 1. The quantitative estimate of drug-likeness (QED) is 0.348. The zero-order valence-electron chi connectivity index (χ0n) is 20.1. The van der Waals surface area contributed by atoms with Crippen molar-refractivity contribution < 1.29 is 19.4 Å². The zero-order chi connectivity index (χ0) is 24.4. The Morgan fingerprint density at radius 2 is 2.09 bits per heavy atom. The first-order chi connectivity index (χ1) is 17.1. The highest BCUT2D eigenvalue weighted by atomic mass is 16.5. The Morgan fingerprint density at radius 3 is 2.83 bits per heavy atom. The standard InChI is InChI=1S/C30H31NO4/c1-3-6-20-13-14-27-26(16-20)28(23-8-5-10-25(17-23)35-19-21-11-12-21)29(30(32)33)31(27)18-22-7-4-9-24(15-22)34-2/h3-5,7-8,10,13-17,21,24H,1,6,9,11-12,18-19H2,2H3,(H,32,33). The van der Waals surface area contributed by atoms with Crippen molar-refractivity contribution in [2.24, 2.45) is 5.92 Å². The minimum Gasteiger partial charge on any atom is -0.493 e. The fraction of sp³-hybridized carbons (Fsp3) is 0.300. The van der Waals surface area contributed by atoms with Crippen LogP contribution in [0.2, 0.25) is 0 Å². The summed E-state index contributed by atoms with van der Waals surface area (Å²) in [5.74, 6) is 0.466. The van der Waals surface area contributed by atoms with E-state index in [0.717, 1.165) is 51.8 Å². The van der Waals surface area contributed by atoms with Gasteiger partial charge >= 0.3 is 5.97 Å². The fourth-order valence-corrected chi connectivity index (χ4v) is 4.78. The van der Waals surface area contributed by atoms with Gasteiger partial charge in [0.2, 0.25) is 0 Å². The maximum Gasteiger partial charge on any atom is 0.353 e. The van der Waals surface area contributed by atoms with Crippen molar-refractivity contribution in [3.05, 3.63) is 90.2 Å². The molecule has 1 saturated carbocycles. The lowest BCUT2D eigenvalue weighted by molar-refractivity contribution is 0.0687. The van der Waals surface area contributed by atoms with E-state index in [0.29, 0.717) is 19.1 Å². The van der Waals surface area contributed by atoms with E-state index in [4.69, 9.17) is 9.47 Å². The molecule has 0 bridgehead atoms. The van der Waals surface area contributed by atoms with E-state index in [9.17, 15) is 9.90 Å². The number of aromatic carboxylic acids is 1. The Morgan fingerprint density at radius 1 is 1.23 bits per heavy atom. The molecule has 1 N–H and O–H groups in total. The molecular weight excluding hydrogens is 438 g/mol. The molecule has 1 fully saturated rings. The summed E-state index contributed by atoms with van der Waals surface area (Å²) in [7, 11) is 1.70. The van der Waals surface area contributed by atoms with Crippen LogP contribution < -0.4 is 4.74 Å². The summed E-state index contributed by atoms with van der Waals surface area (Å²) in [5, 5.41) is 11.4. The van der Waals surface area contributed by atoms with Crippen LogP contribution in [-0.4, -0.2) is 35.5 Å². The lowest BCUT2D eigenvalue weighted by Gasteiger charge is -2.17. The molecule has 0 aliphatic heterocycles. The molecule has 180 valence electrons. The van der Waals surface area contributed by atoms with Crippen molar-refractivity contribution >= 4 is 16.9 Å². The molecular formula is C30H31NO4. The summed E-state index contributed by atoms with van der Waals surface area (Å²) in [6, 6.07) is 14.0. The van der Waals surface area contributed by atoms with E-state index >= 15 is 0 Å². The van der Waals surface area contributed by atoms with Crippen molar-refractivity contribution in [2.75, 3.05) is 13.7 Å². The second-order valence-corrected chi connectivity index (χ2v) is 9.40. The summed E-state index contributed by atoms with van der Waals surface area (Å²) in [6.45, 7) is 5.03. The Bertz CT molecular complexity index is 1330. The zero-order valence-corrected chi connectivity index (χ0v) is 20.1. The van der Waals surface area contributed by atoms with E-state index in [1.807, 2.05) is 47.0 Å². The van der Waals surface area contributed by atoms with Gasteiger partial charge in [-0.1, -0.05) is 42.5 Å². The van der Waals surface area contributed by atoms with E-state index < -0.39 is 5.97 Å². The van der Waals surface area contributed by atoms with Crippen LogP contribution in [0, 0.1) is 5.92 Å². The van der Waals surface area contributed by atoms with Gasteiger partial charge in [-0.15, -0.1) is 6.58 Å². The van der Waals surface area contributed by atoms with Gasteiger partial charge in [0.05, 0.1) is 12.7 Å². The number of carbonyl (C=O) groups is 1. The number of nitrogens with zero attached hydrogens (tertiary/aromatic N) is 1. The lowest BCUT2D eigenvalue weighted by Crippen LogP contribution is -2.14. The maximum atomic E-state index is 12.7. The van der Waals surface area contributed by atoms with Crippen molar-refractivity contribution in [2.45, 2.75) is 38.3 Å². The number of fused-ring (bicyclic) bond motifs is 1.